The molecule has 1 aromatic carbocycles. The molecular weight excluding hydrogens is 316 g/mol. The summed E-state index contributed by atoms with van der Waals surface area (Å²) in [6.45, 7) is 3.22. The van der Waals surface area contributed by atoms with Crippen LogP contribution in [-0.4, -0.2) is 30.8 Å². The Morgan fingerprint density at radius 2 is 2.17 bits per heavy atom. The predicted molar refractivity (Wildman–Crippen MR) is 90.9 cm³/mol. The largest absolute Gasteiger partial charge is 0.487 e. The van der Waals surface area contributed by atoms with Gasteiger partial charge in [0, 0.05) is 13.1 Å². The van der Waals surface area contributed by atoms with Crippen LogP contribution in [0.2, 0.25) is 5.02 Å². The standard InChI is InChI=1S/C16H21ClN4O2/c1-3-13(23-15-7-5-4-6-14(15)17)11-20-16(18-2)19-10-12-8-9-22-21-12/h4-9,13H,3,10-11H2,1-2H3,(H2,18,19,20). The Balaban J connectivity index is 1.82. The Kier molecular flexibility index (Phi) is 6.75. The molecule has 0 spiro atoms. The van der Waals surface area contributed by atoms with Crippen molar-refractivity contribution in [2.24, 2.45) is 4.99 Å². The van der Waals surface area contributed by atoms with Crippen LogP contribution in [-0.2, 0) is 6.54 Å². The molecule has 124 valence electrons. The summed E-state index contributed by atoms with van der Waals surface area (Å²) >= 11 is 6.12. The average Bonchev–Trinajstić information content (AvgIpc) is 3.09. The van der Waals surface area contributed by atoms with Crippen molar-refractivity contribution in [3.63, 3.8) is 0 Å². The van der Waals surface area contributed by atoms with Gasteiger partial charge in [-0.1, -0.05) is 35.8 Å². The second kappa shape index (κ2) is 9.05. The molecule has 1 heterocycles. The highest BCUT2D eigenvalue weighted by Crippen LogP contribution is 2.24. The molecule has 1 aromatic heterocycles. The van der Waals surface area contributed by atoms with Crippen LogP contribution in [0.3, 0.4) is 0 Å². The maximum absolute atomic E-state index is 6.12. The van der Waals surface area contributed by atoms with Gasteiger partial charge in [0.15, 0.2) is 5.96 Å². The zero-order chi connectivity index (χ0) is 16.5. The fourth-order valence-corrected chi connectivity index (χ4v) is 2.10. The third-order valence-corrected chi connectivity index (χ3v) is 3.55. The summed E-state index contributed by atoms with van der Waals surface area (Å²) in [5.74, 6) is 1.36. The summed E-state index contributed by atoms with van der Waals surface area (Å²) in [6.07, 6.45) is 2.37. The fourth-order valence-electron chi connectivity index (χ4n) is 1.92. The third kappa shape index (κ3) is 5.49. The van der Waals surface area contributed by atoms with Crippen molar-refractivity contribution < 1.29 is 9.26 Å². The number of hydrogen-bond acceptors (Lipinski definition) is 4. The first-order valence-corrected chi connectivity index (χ1v) is 7.85. The van der Waals surface area contributed by atoms with E-state index >= 15 is 0 Å². The maximum Gasteiger partial charge on any atom is 0.191 e. The van der Waals surface area contributed by atoms with Gasteiger partial charge in [-0.2, -0.15) is 0 Å². The Morgan fingerprint density at radius 1 is 1.35 bits per heavy atom. The lowest BCUT2D eigenvalue weighted by molar-refractivity contribution is 0.199. The highest BCUT2D eigenvalue weighted by molar-refractivity contribution is 6.32. The number of para-hydroxylation sites is 1. The Hall–Kier alpha value is -2.21. The van der Waals surface area contributed by atoms with Crippen LogP contribution in [0.1, 0.15) is 19.0 Å². The van der Waals surface area contributed by atoms with Crippen LogP contribution in [0.4, 0.5) is 0 Å². The van der Waals surface area contributed by atoms with Gasteiger partial charge >= 0.3 is 0 Å². The molecule has 1 unspecified atom stereocenters. The summed E-state index contributed by atoms with van der Waals surface area (Å²) in [6, 6.07) is 9.26. The number of aromatic nitrogens is 1. The van der Waals surface area contributed by atoms with Gasteiger partial charge in [-0.3, -0.25) is 4.99 Å². The Bertz CT molecular complexity index is 616. The minimum Gasteiger partial charge on any atom is -0.487 e. The molecule has 0 radical (unpaired) electrons. The average molecular weight is 337 g/mol. The SMILES string of the molecule is CCC(CNC(=NC)NCc1ccon1)Oc1ccccc1Cl. The van der Waals surface area contributed by atoms with Crippen LogP contribution in [0.5, 0.6) is 5.75 Å². The molecule has 1 atom stereocenters. The molecule has 0 aliphatic rings. The first-order chi connectivity index (χ1) is 11.2. The van der Waals surface area contributed by atoms with E-state index in [9.17, 15) is 0 Å². The number of guanidine groups is 1. The van der Waals surface area contributed by atoms with Crippen LogP contribution in [0, 0.1) is 0 Å². The van der Waals surface area contributed by atoms with Gasteiger partial charge in [0.2, 0.25) is 0 Å². The molecule has 2 aromatic rings. The number of aliphatic imine (C=N–C) groups is 1. The lowest BCUT2D eigenvalue weighted by Crippen LogP contribution is -2.42. The highest BCUT2D eigenvalue weighted by atomic mass is 35.5. The molecule has 0 amide bonds. The number of hydrogen-bond donors (Lipinski definition) is 2. The molecule has 0 saturated heterocycles. The molecule has 2 rings (SSSR count). The second-order valence-corrected chi connectivity index (χ2v) is 5.28. The van der Waals surface area contributed by atoms with Crippen LogP contribution < -0.4 is 15.4 Å². The number of nitrogens with zero attached hydrogens (tertiary/aromatic N) is 2. The molecule has 2 N–H and O–H groups in total. The minimum atomic E-state index is -0.0134. The second-order valence-electron chi connectivity index (χ2n) is 4.88. The number of rotatable bonds is 7. The Labute approximate surface area is 140 Å². The zero-order valence-corrected chi connectivity index (χ0v) is 14.0. The van der Waals surface area contributed by atoms with Crippen molar-refractivity contribution in [1.82, 2.24) is 15.8 Å². The van der Waals surface area contributed by atoms with Crippen LogP contribution in [0.15, 0.2) is 46.1 Å². The fraction of sp³-hybridized carbons (Fsp3) is 0.375. The van der Waals surface area contributed by atoms with E-state index in [1.54, 1.807) is 13.1 Å². The topological polar surface area (TPSA) is 71.7 Å². The molecule has 7 heteroatoms. The summed E-state index contributed by atoms with van der Waals surface area (Å²) in [7, 11) is 1.72. The van der Waals surface area contributed by atoms with Gasteiger partial charge in [-0.15, -0.1) is 0 Å². The van der Waals surface area contributed by atoms with E-state index in [4.69, 9.17) is 20.9 Å². The van der Waals surface area contributed by atoms with Crippen molar-refractivity contribution in [1.29, 1.82) is 0 Å². The summed E-state index contributed by atoms with van der Waals surface area (Å²) in [5, 5.41) is 10.8. The predicted octanol–water partition coefficient (Wildman–Crippen LogP) is 2.85. The zero-order valence-electron chi connectivity index (χ0n) is 13.3. The lowest BCUT2D eigenvalue weighted by atomic mass is 10.2. The lowest BCUT2D eigenvalue weighted by Gasteiger charge is -2.20. The van der Waals surface area contributed by atoms with Crippen molar-refractivity contribution in [2.45, 2.75) is 26.0 Å². The monoisotopic (exact) mass is 336 g/mol. The summed E-state index contributed by atoms with van der Waals surface area (Å²) < 4.78 is 10.7. The van der Waals surface area contributed by atoms with Crippen molar-refractivity contribution in [3.8, 4) is 5.75 Å². The van der Waals surface area contributed by atoms with Crippen molar-refractivity contribution >= 4 is 17.6 Å². The number of ether oxygens (including phenoxy) is 1. The van der Waals surface area contributed by atoms with E-state index in [-0.39, 0.29) is 6.10 Å². The van der Waals surface area contributed by atoms with Gasteiger partial charge < -0.3 is 19.9 Å². The molecule has 0 fully saturated rings. The number of benzene rings is 1. The Morgan fingerprint density at radius 3 is 2.83 bits per heavy atom. The van der Waals surface area contributed by atoms with E-state index in [2.05, 4.69) is 27.7 Å². The van der Waals surface area contributed by atoms with E-state index in [1.165, 1.54) is 6.26 Å². The van der Waals surface area contributed by atoms with Crippen molar-refractivity contribution in [2.75, 3.05) is 13.6 Å². The molecule has 0 aliphatic carbocycles. The van der Waals surface area contributed by atoms with E-state index in [0.29, 0.717) is 29.8 Å². The van der Waals surface area contributed by atoms with Gasteiger partial charge in [0.25, 0.3) is 0 Å². The van der Waals surface area contributed by atoms with Gasteiger partial charge in [-0.25, -0.2) is 0 Å². The third-order valence-electron chi connectivity index (χ3n) is 3.23. The highest BCUT2D eigenvalue weighted by Gasteiger charge is 2.11. The molecule has 6 nitrogen and oxygen atoms in total. The summed E-state index contributed by atoms with van der Waals surface area (Å²) in [4.78, 5) is 4.17. The normalized spacial score (nSPS) is 12.7. The van der Waals surface area contributed by atoms with E-state index < -0.39 is 0 Å². The molecule has 0 aliphatic heterocycles. The quantitative estimate of drug-likeness (QED) is 0.601. The molecule has 0 bridgehead atoms. The number of nitrogens with one attached hydrogen (secondary N) is 2. The first kappa shape index (κ1) is 17.1. The van der Waals surface area contributed by atoms with Crippen LogP contribution >= 0.6 is 11.6 Å². The van der Waals surface area contributed by atoms with Gasteiger partial charge in [0.05, 0.1) is 18.1 Å². The first-order valence-electron chi connectivity index (χ1n) is 7.48. The van der Waals surface area contributed by atoms with E-state index in [1.807, 2.05) is 24.3 Å². The smallest absolute Gasteiger partial charge is 0.191 e. The van der Waals surface area contributed by atoms with E-state index in [0.717, 1.165) is 12.1 Å². The van der Waals surface area contributed by atoms with Gasteiger partial charge in [-0.05, 0) is 18.6 Å². The molecule has 0 saturated carbocycles. The van der Waals surface area contributed by atoms with Crippen molar-refractivity contribution in [3.05, 3.63) is 47.3 Å². The van der Waals surface area contributed by atoms with Gasteiger partial charge in [0.1, 0.15) is 23.8 Å². The molecular formula is C16H21ClN4O2. The van der Waals surface area contributed by atoms with Crippen LogP contribution in [0.25, 0.3) is 0 Å². The minimum absolute atomic E-state index is 0.0134. The summed E-state index contributed by atoms with van der Waals surface area (Å²) in [5.41, 5.74) is 0.812. The molecule has 23 heavy (non-hydrogen) atoms. The maximum atomic E-state index is 6.12. The number of halogens is 1.